The van der Waals surface area contributed by atoms with Gasteiger partial charge in [0, 0.05) is 53.3 Å². The summed E-state index contributed by atoms with van der Waals surface area (Å²) in [6, 6.07) is 75.0. The van der Waals surface area contributed by atoms with Gasteiger partial charge in [-0.05, 0) is 87.0 Å². The van der Waals surface area contributed by atoms with Gasteiger partial charge in [-0.2, -0.15) is 0 Å². The molecule has 0 bridgehead atoms. The summed E-state index contributed by atoms with van der Waals surface area (Å²) < 4.78 is 4.93. The molecule has 1 spiro atoms. The van der Waals surface area contributed by atoms with Crippen LogP contribution in [-0.4, -0.2) is 19.5 Å². The van der Waals surface area contributed by atoms with Crippen molar-refractivity contribution in [3.63, 3.8) is 0 Å². The van der Waals surface area contributed by atoms with Crippen molar-refractivity contribution in [2.75, 3.05) is 0 Å². The first-order chi connectivity index (χ1) is 31.2. The lowest BCUT2D eigenvalue weighted by Gasteiger charge is -2.30. The Morgan fingerprint density at radius 3 is 1.62 bits per heavy atom. The van der Waals surface area contributed by atoms with Crippen molar-refractivity contribution in [3.05, 3.63) is 229 Å². The molecule has 14 rings (SSSR count). The molecule has 63 heavy (non-hydrogen) atoms. The summed E-state index contributed by atoms with van der Waals surface area (Å²) in [4.78, 5) is 15.5. The molecule has 0 amide bonds. The third-order valence-electron chi connectivity index (χ3n) is 13.5. The van der Waals surface area contributed by atoms with Crippen molar-refractivity contribution in [2.24, 2.45) is 0 Å². The average molecular weight is 819 g/mol. The van der Waals surface area contributed by atoms with Crippen molar-refractivity contribution in [1.29, 1.82) is 0 Å². The lowest BCUT2D eigenvalue weighted by atomic mass is 9.70. The van der Waals surface area contributed by atoms with Crippen molar-refractivity contribution in [1.82, 2.24) is 19.5 Å². The van der Waals surface area contributed by atoms with Gasteiger partial charge in [0.05, 0.1) is 16.4 Å². The number of aromatic nitrogens is 4. The van der Waals surface area contributed by atoms with Gasteiger partial charge in [0.25, 0.3) is 0 Å². The Balaban J connectivity index is 0.988. The van der Waals surface area contributed by atoms with E-state index in [1.54, 1.807) is 11.3 Å². The highest BCUT2D eigenvalue weighted by Gasteiger charge is 2.51. The molecule has 0 fully saturated rings. The fourth-order valence-electron chi connectivity index (χ4n) is 10.8. The largest absolute Gasteiger partial charge is 0.309 e. The van der Waals surface area contributed by atoms with Crippen LogP contribution in [0.3, 0.4) is 0 Å². The lowest BCUT2D eigenvalue weighted by molar-refractivity contribution is 0.794. The molecule has 0 N–H and O–H groups in total. The van der Waals surface area contributed by atoms with Crippen LogP contribution in [0, 0.1) is 0 Å². The molecule has 2 aliphatic carbocycles. The highest BCUT2D eigenvalue weighted by atomic mass is 32.1. The van der Waals surface area contributed by atoms with Crippen molar-refractivity contribution in [2.45, 2.75) is 5.41 Å². The first-order valence-corrected chi connectivity index (χ1v) is 22.2. The molecule has 9 aromatic carbocycles. The second-order valence-corrected chi connectivity index (χ2v) is 17.8. The molecule has 0 unspecified atom stereocenters. The predicted molar refractivity (Wildman–Crippen MR) is 260 cm³/mol. The fraction of sp³-hybridized carbons (Fsp3) is 0.0172. The van der Waals surface area contributed by atoms with E-state index in [1.807, 2.05) is 18.2 Å². The highest BCUT2D eigenvalue weighted by Crippen LogP contribution is 2.63. The summed E-state index contributed by atoms with van der Waals surface area (Å²) in [5, 5.41) is 4.97. The maximum absolute atomic E-state index is 5.24. The summed E-state index contributed by atoms with van der Waals surface area (Å²) in [6.45, 7) is 0. The van der Waals surface area contributed by atoms with Crippen LogP contribution >= 0.6 is 11.3 Å². The van der Waals surface area contributed by atoms with E-state index in [-0.39, 0.29) is 0 Å². The lowest BCUT2D eigenvalue weighted by Crippen LogP contribution is -2.25. The fourth-order valence-corrected chi connectivity index (χ4v) is 12.0. The summed E-state index contributed by atoms with van der Waals surface area (Å²) in [5.41, 5.74) is 16.3. The monoisotopic (exact) mass is 818 g/mol. The van der Waals surface area contributed by atoms with Crippen LogP contribution in [0.15, 0.2) is 206 Å². The smallest absolute Gasteiger partial charge is 0.164 e. The van der Waals surface area contributed by atoms with E-state index < -0.39 is 5.41 Å². The number of fused-ring (bicyclic) bond motifs is 16. The van der Waals surface area contributed by atoms with E-state index >= 15 is 0 Å². The van der Waals surface area contributed by atoms with E-state index in [9.17, 15) is 0 Å². The van der Waals surface area contributed by atoms with Gasteiger partial charge in [-0.15, -0.1) is 11.3 Å². The molecule has 0 aliphatic heterocycles. The average Bonchev–Trinajstić information content (AvgIpc) is 4.07. The van der Waals surface area contributed by atoms with Crippen LogP contribution < -0.4 is 0 Å². The Bertz CT molecular complexity index is 3830. The van der Waals surface area contributed by atoms with E-state index in [4.69, 9.17) is 15.0 Å². The van der Waals surface area contributed by atoms with Crippen LogP contribution in [0.2, 0.25) is 0 Å². The van der Waals surface area contributed by atoms with E-state index in [2.05, 4.69) is 193 Å². The van der Waals surface area contributed by atoms with Gasteiger partial charge < -0.3 is 4.57 Å². The zero-order chi connectivity index (χ0) is 41.2. The summed E-state index contributed by atoms with van der Waals surface area (Å²) in [5.74, 6) is 1.93. The maximum Gasteiger partial charge on any atom is 0.164 e. The van der Waals surface area contributed by atoms with E-state index in [0.717, 1.165) is 27.9 Å². The minimum absolute atomic E-state index is 0.440. The summed E-state index contributed by atoms with van der Waals surface area (Å²) in [6.07, 6.45) is 0. The van der Waals surface area contributed by atoms with Crippen LogP contribution in [0.1, 0.15) is 22.3 Å². The van der Waals surface area contributed by atoms with Crippen LogP contribution in [0.25, 0.3) is 104 Å². The first-order valence-electron chi connectivity index (χ1n) is 21.4. The van der Waals surface area contributed by atoms with E-state index in [0.29, 0.717) is 17.5 Å². The van der Waals surface area contributed by atoms with E-state index in [1.165, 1.54) is 81.0 Å². The third-order valence-corrected chi connectivity index (χ3v) is 14.6. The number of nitrogens with zero attached hydrogens (tertiary/aromatic N) is 4. The Hall–Kier alpha value is -7.99. The quantitative estimate of drug-likeness (QED) is 0.178. The molecule has 3 aromatic heterocycles. The van der Waals surface area contributed by atoms with Crippen molar-refractivity contribution >= 4 is 53.3 Å². The molecule has 3 heterocycles. The zero-order valence-electron chi connectivity index (χ0n) is 33.8. The number of para-hydroxylation sites is 1. The van der Waals surface area contributed by atoms with Crippen molar-refractivity contribution < 1.29 is 0 Å². The molecule has 2 aliphatic rings. The standard InChI is InChI=1S/C58H34N4S/c1-2-15-35(16-3-1)55-59-56(61-57(60-55)37-29-30-44-43-23-8-13-28-53(43)63-54(44)32-37)36-17-14-18-38(31-36)62-51-27-12-7-22-42(51)46-33-45-41-21-6-11-26-49(41)58(50(45)34-52(46)62)47-24-9-4-19-39(47)40-20-5-10-25-48(40)58/h1-34H. The molecule has 0 radical (unpaired) electrons. The Morgan fingerprint density at radius 1 is 0.333 bits per heavy atom. The SMILES string of the molecule is c1ccc(-c2nc(-c3cccc(-n4c5ccccc5c5cc6c(cc54)C4(c5ccccc5-c5ccccc54)c4ccccc4-6)c3)nc(-c3ccc4c(c3)sc3ccccc34)n2)cc1. The number of hydrogen-bond acceptors (Lipinski definition) is 4. The first kappa shape index (κ1) is 34.7. The predicted octanol–water partition coefficient (Wildman–Crippen LogP) is 14.7. The number of hydrogen-bond donors (Lipinski definition) is 0. The van der Waals surface area contributed by atoms with Gasteiger partial charge in [-0.3, -0.25) is 0 Å². The minimum Gasteiger partial charge on any atom is -0.309 e. The molecule has 0 saturated carbocycles. The molecule has 12 aromatic rings. The normalized spacial score (nSPS) is 13.2. The topological polar surface area (TPSA) is 43.6 Å². The minimum atomic E-state index is -0.440. The van der Waals surface area contributed by atoms with Gasteiger partial charge in [0.2, 0.25) is 0 Å². The van der Waals surface area contributed by atoms with Gasteiger partial charge in [0.1, 0.15) is 0 Å². The number of thiophene rings is 1. The maximum atomic E-state index is 5.24. The van der Waals surface area contributed by atoms with Gasteiger partial charge in [-0.25, -0.2) is 15.0 Å². The number of benzene rings is 9. The Morgan fingerprint density at radius 2 is 0.889 bits per heavy atom. The molecular weight excluding hydrogens is 785 g/mol. The van der Waals surface area contributed by atoms with Crippen LogP contribution in [-0.2, 0) is 5.41 Å². The highest BCUT2D eigenvalue weighted by molar-refractivity contribution is 7.25. The third kappa shape index (κ3) is 4.83. The summed E-state index contributed by atoms with van der Waals surface area (Å²) >= 11 is 1.80. The summed E-state index contributed by atoms with van der Waals surface area (Å²) in [7, 11) is 0. The second-order valence-electron chi connectivity index (χ2n) is 16.7. The molecule has 292 valence electrons. The van der Waals surface area contributed by atoms with Crippen molar-refractivity contribution in [3.8, 4) is 62.1 Å². The molecule has 0 atom stereocenters. The van der Waals surface area contributed by atoms with Gasteiger partial charge in [-0.1, -0.05) is 164 Å². The molecule has 5 heteroatoms. The second kappa shape index (κ2) is 13.0. The Kier molecular flexibility index (Phi) is 7.16. The molecule has 4 nitrogen and oxygen atoms in total. The van der Waals surface area contributed by atoms with Crippen LogP contribution in [0.5, 0.6) is 0 Å². The van der Waals surface area contributed by atoms with Crippen LogP contribution in [0.4, 0.5) is 0 Å². The van der Waals surface area contributed by atoms with Gasteiger partial charge in [0.15, 0.2) is 17.5 Å². The molecular formula is C58H34N4S. The molecule has 0 saturated heterocycles. The van der Waals surface area contributed by atoms with Gasteiger partial charge >= 0.3 is 0 Å². The number of rotatable bonds is 4. The Labute approximate surface area is 367 Å². The zero-order valence-corrected chi connectivity index (χ0v) is 34.6.